The highest BCUT2D eigenvalue weighted by Crippen LogP contribution is 2.27. The third-order valence-corrected chi connectivity index (χ3v) is 3.26. The molecule has 3 aromatic rings. The molecule has 0 atom stereocenters. The first-order valence-electron chi connectivity index (χ1n) is 5.04. The van der Waals surface area contributed by atoms with Gasteiger partial charge in [-0.2, -0.15) is 0 Å². The fourth-order valence-electron chi connectivity index (χ4n) is 1.90. The molecular formula is C11H9BrN4O. The van der Waals surface area contributed by atoms with Crippen molar-refractivity contribution in [3.63, 3.8) is 0 Å². The van der Waals surface area contributed by atoms with Gasteiger partial charge in [-0.15, -0.1) is 0 Å². The molecule has 2 aromatic heterocycles. The highest BCUT2D eigenvalue weighted by molar-refractivity contribution is 9.10. The number of rotatable bonds is 1. The Balaban J connectivity index is 2.27. The molecule has 0 aliphatic heterocycles. The molecule has 0 aliphatic carbocycles. The molecule has 0 unspecified atom stereocenters. The van der Waals surface area contributed by atoms with Crippen LogP contribution in [0.15, 0.2) is 33.9 Å². The lowest BCUT2D eigenvalue weighted by Crippen LogP contribution is -1.99. The number of nitrogens with zero attached hydrogens (tertiary/aromatic N) is 2. The van der Waals surface area contributed by atoms with E-state index in [1.807, 2.05) is 29.8 Å². The lowest BCUT2D eigenvalue weighted by molar-refractivity contribution is 0.921. The minimum Gasteiger partial charge on any atom is -0.333 e. The van der Waals surface area contributed by atoms with E-state index in [0.29, 0.717) is 0 Å². The molecule has 86 valence electrons. The molecule has 3 rings (SSSR count). The van der Waals surface area contributed by atoms with Crippen LogP contribution in [-0.4, -0.2) is 19.5 Å². The first-order valence-corrected chi connectivity index (χ1v) is 5.83. The second-order valence-corrected chi connectivity index (χ2v) is 4.59. The Morgan fingerprint density at radius 1 is 1.29 bits per heavy atom. The van der Waals surface area contributed by atoms with Crippen LogP contribution in [0.3, 0.4) is 0 Å². The maximum absolute atomic E-state index is 11.2. The van der Waals surface area contributed by atoms with Crippen molar-refractivity contribution < 1.29 is 0 Å². The van der Waals surface area contributed by atoms with Crippen LogP contribution >= 0.6 is 15.9 Å². The number of aryl methyl sites for hydroxylation is 1. The summed E-state index contributed by atoms with van der Waals surface area (Å²) in [6, 6.07) is 5.75. The van der Waals surface area contributed by atoms with Gasteiger partial charge in [-0.3, -0.25) is 0 Å². The van der Waals surface area contributed by atoms with Crippen LogP contribution in [0.2, 0.25) is 0 Å². The molecule has 1 aromatic carbocycles. The molecule has 0 saturated carbocycles. The highest BCUT2D eigenvalue weighted by Gasteiger charge is 2.10. The summed E-state index contributed by atoms with van der Waals surface area (Å²) >= 11 is 3.41. The molecular weight excluding hydrogens is 284 g/mol. The summed E-state index contributed by atoms with van der Waals surface area (Å²) in [5.74, 6) is 0. The zero-order valence-corrected chi connectivity index (χ0v) is 10.6. The fraction of sp³-hybridized carbons (Fsp3) is 0.0909. The van der Waals surface area contributed by atoms with E-state index in [1.165, 1.54) is 0 Å². The molecule has 0 spiro atoms. The topological polar surface area (TPSA) is 66.5 Å². The number of hydrogen-bond acceptors (Lipinski definition) is 2. The molecule has 2 N–H and O–H groups in total. The van der Waals surface area contributed by atoms with Crippen LogP contribution in [0.1, 0.15) is 0 Å². The smallest absolute Gasteiger partial charge is 0.323 e. The Morgan fingerprint density at radius 3 is 2.76 bits per heavy atom. The zero-order valence-electron chi connectivity index (χ0n) is 8.99. The van der Waals surface area contributed by atoms with Crippen molar-refractivity contribution in [3.05, 3.63) is 39.6 Å². The minimum atomic E-state index is -0.193. The van der Waals surface area contributed by atoms with Crippen molar-refractivity contribution in [2.24, 2.45) is 7.05 Å². The SMILES string of the molecule is Cn1cnc(Br)c1-c1ccc2[nH]c(=O)[nH]c2c1. The van der Waals surface area contributed by atoms with Gasteiger partial charge >= 0.3 is 5.69 Å². The number of aromatic amines is 2. The number of imidazole rings is 2. The van der Waals surface area contributed by atoms with E-state index in [1.54, 1.807) is 6.33 Å². The van der Waals surface area contributed by atoms with Crippen LogP contribution in [0, 0.1) is 0 Å². The molecule has 0 saturated heterocycles. The largest absolute Gasteiger partial charge is 0.333 e. The average molecular weight is 293 g/mol. The van der Waals surface area contributed by atoms with E-state index in [2.05, 4.69) is 30.9 Å². The maximum Gasteiger partial charge on any atom is 0.323 e. The van der Waals surface area contributed by atoms with E-state index in [-0.39, 0.29) is 5.69 Å². The Kier molecular flexibility index (Phi) is 2.19. The average Bonchev–Trinajstić information content (AvgIpc) is 2.80. The van der Waals surface area contributed by atoms with Crippen LogP contribution in [-0.2, 0) is 7.05 Å². The molecule has 0 aliphatic rings. The predicted octanol–water partition coefficient (Wildman–Crippen LogP) is 2.02. The monoisotopic (exact) mass is 292 g/mol. The maximum atomic E-state index is 11.2. The lowest BCUT2D eigenvalue weighted by atomic mass is 10.1. The summed E-state index contributed by atoms with van der Waals surface area (Å²) in [5, 5.41) is 0. The van der Waals surface area contributed by atoms with Gasteiger partial charge in [-0.25, -0.2) is 9.78 Å². The Morgan fingerprint density at radius 2 is 2.06 bits per heavy atom. The first kappa shape index (κ1) is 10.3. The Hall–Kier alpha value is -1.82. The number of benzene rings is 1. The predicted molar refractivity (Wildman–Crippen MR) is 68.8 cm³/mol. The van der Waals surface area contributed by atoms with Crippen molar-refractivity contribution in [1.29, 1.82) is 0 Å². The van der Waals surface area contributed by atoms with Crippen LogP contribution in [0.25, 0.3) is 22.3 Å². The number of fused-ring (bicyclic) bond motifs is 1. The van der Waals surface area contributed by atoms with Gasteiger partial charge < -0.3 is 14.5 Å². The van der Waals surface area contributed by atoms with Gasteiger partial charge in [0.25, 0.3) is 0 Å². The quantitative estimate of drug-likeness (QED) is 0.721. The van der Waals surface area contributed by atoms with Crippen molar-refractivity contribution in [2.45, 2.75) is 0 Å². The number of aromatic nitrogens is 4. The van der Waals surface area contributed by atoms with Gasteiger partial charge in [0, 0.05) is 12.6 Å². The molecule has 5 nitrogen and oxygen atoms in total. The van der Waals surface area contributed by atoms with E-state index >= 15 is 0 Å². The first-order chi connectivity index (χ1) is 8.15. The standard InChI is InChI=1S/C11H9BrN4O/c1-16-5-13-10(12)9(16)6-2-3-7-8(4-6)15-11(17)14-7/h2-5H,1H3,(H2,14,15,17). The number of nitrogens with one attached hydrogen (secondary N) is 2. The van der Waals surface area contributed by atoms with E-state index in [9.17, 15) is 4.79 Å². The molecule has 2 heterocycles. The second-order valence-electron chi connectivity index (χ2n) is 3.83. The third kappa shape index (κ3) is 1.61. The number of hydrogen-bond donors (Lipinski definition) is 2. The normalized spacial score (nSPS) is 11.2. The van der Waals surface area contributed by atoms with E-state index in [0.717, 1.165) is 26.9 Å². The Labute approximate surface area is 105 Å². The minimum absolute atomic E-state index is 0.193. The molecule has 0 fully saturated rings. The number of halogens is 1. The molecule has 0 radical (unpaired) electrons. The van der Waals surface area contributed by atoms with Gasteiger partial charge in [-0.05, 0) is 28.1 Å². The lowest BCUT2D eigenvalue weighted by Gasteiger charge is -2.03. The Bertz CT molecular complexity index is 733. The molecule has 0 amide bonds. The van der Waals surface area contributed by atoms with E-state index < -0.39 is 0 Å². The third-order valence-electron chi connectivity index (χ3n) is 2.68. The fourth-order valence-corrected chi connectivity index (χ4v) is 2.50. The van der Waals surface area contributed by atoms with Crippen LogP contribution < -0.4 is 5.69 Å². The van der Waals surface area contributed by atoms with Crippen LogP contribution in [0.4, 0.5) is 0 Å². The summed E-state index contributed by atoms with van der Waals surface area (Å²) in [5.41, 5.74) is 3.38. The summed E-state index contributed by atoms with van der Waals surface area (Å²) in [4.78, 5) is 20.8. The van der Waals surface area contributed by atoms with E-state index in [4.69, 9.17) is 0 Å². The molecule has 6 heteroatoms. The van der Waals surface area contributed by atoms with Gasteiger partial charge in [0.2, 0.25) is 0 Å². The van der Waals surface area contributed by atoms with Crippen molar-refractivity contribution in [2.75, 3.05) is 0 Å². The van der Waals surface area contributed by atoms with Gasteiger partial charge in [0.1, 0.15) is 4.60 Å². The summed E-state index contributed by atoms with van der Waals surface area (Å²) in [7, 11) is 1.93. The summed E-state index contributed by atoms with van der Waals surface area (Å²) in [6.07, 6.45) is 1.74. The van der Waals surface area contributed by atoms with Gasteiger partial charge in [0.05, 0.1) is 23.1 Å². The molecule has 17 heavy (non-hydrogen) atoms. The summed E-state index contributed by atoms with van der Waals surface area (Å²) in [6.45, 7) is 0. The van der Waals surface area contributed by atoms with Gasteiger partial charge in [-0.1, -0.05) is 6.07 Å². The molecule has 0 bridgehead atoms. The zero-order chi connectivity index (χ0) is 12.0. The van der Waals surface area contributed by atoms with Crippen LogP contribution in [0.5, 0.6) is 0 Å². The van der Waals surface area contributed by atoms with Crippen molar-refractivity contribution in [1.82, 2.24) is 19.5 Å². The number of H-pyrrole nitrogens is 2. The summed E-state index contributed by atoms with van der Waals surface area (Å²) < 4.78 is 2.72. The highest BCUT2D eigenvalue weighted by atomic mass is 79.9. The van der Waals surface area contributed by atoms with Gasteiger partial charge in [0.15, 0.2) is 0 Å². The van der Waals surface area contributed by atoms with Crippen molar-refractivity contribution in [3.8, 4) is 11.3 Å². The van der Waals surface area contributed by atoms with Crippen molar-refractivity contribution >= 4 is 27.0 Å². The second kappa shape index (κ2) is 3.59.